The van der Waals surface area contributed by atoms with E-state index in [9.17, 15) is 9.59 Å². The second kappa shape index (κ2) is 14.5. The van der Waals surface area contributed by atoms with Gasteiger partial charge in [0.2, 0.25) is 5.91 Å². The third kappa shape index (κ3) is 9.76. The van der Waals surface area contributed by atoms with Crippen molar-refractivity contribution >= 4 is 11.9 Å². The summed E-state index contributed by atoms with van der Waals surface area (Å²) in [5.74, 6) is -0.275. The molecule has 0 N–H and O–H groups in total. The molecule has 0 bridgehead atoms. The van der Waals surface area contributed by atoms with E-state index in [1.807, 2.05) is 30.6 Å². The lowest BCUT2D eigenvalue weighted by molar-refractivity contribution is -0.151. The number of ether oxygens (including phenoxy) is 1. The molecule has 0 aliphatic rings. The fourth-order valence-electron chi connectivity index (χ4n) is 2.48. The molecule has 0 aromatic carbocycles. The summed E-state index contributed by atoms with van der Waals surface area (Å²) in [6.07, 6.45) is 3.00. The van der Waals surface area contributed by atoms with Gasteiger partial charge in [-0.3, -0.25) is 9.69 Å². The van der Waals surface area contributed by atoms with Crippen LogP contribution in [0, 0.1) is 0 Å². The van der Waals surface area contributed by atoms with Crippen LogP contribution in [0.1, 0.15) is 68.2 Å². The van der Waals surface area contributed by atoms with Crippen LogP contribution < -0.4 is 0 Å². The smallest absolute Gasteiger partial charge is 0.331 e. The molecule has 0 rings (SSSR count). The van der Waals surface area contributed by atoms with E-state index in [0.717, 1.165) is 25.9 Å². The number of amides is 1. The van der Waals surface area contributed by atoms with Crippen molar-refractivity contribution in [1.29, 1.82) is 0 Å². The Morgan fingerprint density at radius 3 is 1.69 bits per heavy atom. The number of rotatable bonds is 10. The highest BCUT2D eigenvalue weighted by Crippen LogP contribution is 2.14. The van der Waals surface area contributed by atoms with Crippen LogP contribution in [0.4, 0.5) is 0 Å². The maximum absolute atomic E-state index is 11.9. The molecule has 0 aliphatic heterocycles. The van der Waals surface area contributed by atoms with Gasteiger partial charge in [0.15, 0.2) is 6.23 Å². The van der Waals surface area contributed by atoms with Crippen LogP contribution in [0.3, 0.4) is 0 Å². The van der Waals surface area contributed by atoms with Gasteiger partial charge in [-0.1, -0.05) is 40.9 Å². The lowest BCUT2D eigenvalue weighted by atomic mass is 10.1. The van der Waals surface area contributed by atoms with Gasteiger partial charge in [0.1, 0.15) is 0 Å². The number of hydrogen-bond donors (Lipinski definition) is 0. The van der Waals surface area contributed by atoms with Crippen molar-refractivity contribution in [1.82, 2.24) is 9.80 Å². The standard InChI is InChI=1S/C12H23NO.C9H17NO2/c1-7-10(5)13(11(6)8-2)12(14)9(3)4;1-5-9(11)12-8(4)10(6-2)7-3/h10-11H,3,7-8H2,1-2,4-6H3;5,8H,1,6-7H2,2-4H3. The van der Waals surface area contributed by atoms with Crippen LogP contribution in [0.5, 0.6) is 0 Å². The van der Waals surface area contributed by atoms with E-state index >= 15 is 0 Å². The van der Waals surface area contributed by atoms with Crippen molar-refractivity contribution in [2.75, 3.05) is 13.1 Å². The Kier molecular flexibility index (Phi) is 14.9. The first kappa shape index (κ1) is 26.6. The summed E-state index contributed by atoms with van der Waals surface area (Å²) in [5.41, 5.74) is 0.630. The molecule has 0 aromatic heterocycles. The van der Waals surface area contributed by atoms with Crippen molar-refractivity contribution < 1.29 is 14.3 Å². The lowest BCUT2D eigenvalue weighted by Gasteiger charge is -2.34. The molecule has 0 saturated heterocycles. The summed E-state index contributed by atoms with van der Waals surface area (Å²) in [6.45, 7) is 24.9. The molecule has 1 amide bonds. The number of hydrogen-bond acceptors (Lipinski definition) is 4. The summed E-state index contributed by atoms with van der Waals surface area (Å²) in [5, 5.41) is 0. The van der Waals surface area contributed by atoms with E-state index in [1.165, 1.54) is 6.08 Å². The zero-order chi connectivity index (χ0) is 20.9. The van der Waals surface area contributed by atoms with Crippen LogP contribution in [0.15, 0.2) is 24.8 Å². The van der Waals surface area contributed by atoms with E-state index in [1.54, 1.807) is 6.92 Å². The maximum atomic E-state index is 11.9. The minimum absolute atomic E-state index is 0.0914. The van der Waals surface area contributed by atoms with Gasteiger partial charge in [0, 0.05) is 23.7 Å². The van der Waals surface area contributed by atoms with Gasteiger partial charge in [0.25, 0.3) is 0 Å². The van der Waals surface area contributed by atoms with Crippen molar-refractivity contribution in [2.24, 2.45) is 0 Å². The van der Waals surface area contributed by atoms with Gasteiger partial charge in [0.05, 0.1) is 0 Å². The van der Waals surface area contributed by atoms with Gasteiger partial charge in [-0.05, 0) is 53.6 Å². The van der Waals surface area contributed by atoms with E-state index < -0.39 is 0 Å². The zero-order valence-corrected chi connectivity index (χ0v) is 18.2. The Morgan fingerprint density at radius 2 is 1.42 bits per heavy atom. The Balaban J connectivity index is 0. The monoisotopic (exact) mass is 368 g/mol. The SMILES string of the molecule is C=C(C)C(=O)N(C(C)CC)C(C)CC.C=CC(=O)OC(C)N(CC)CC. The average Bonchev–Trinajstić information content (AvgIpc) is 2.62. The molecule has 152 valence electrons. The molecule has 5 heteroatoms. The van der Waals surface area contributed by atoms with Gasteiger partial charge in [-0.2, -0.15) is 0 Å². The largest absolute Gasteiger partial charge is 0.443 e. The summed E-state index contributed by atoms with van der Waals surface area (Å²) in [4.78, 5) is 26.7. The highest BCUT2D eigenvalue weighted by Gasteiger charge is 2.23. The Hall–Kier alpha value is -1.62. The number of esters is 1. The highest BCUT2D eigenvalue weighted by atomic mass is 16.6. The van der Waals surface area contributed by atoms with Crippen LogP contribution in [0.2, 0.25) is 0 Å². The maximum Gasteiger partial charge on any atom is 0.331 e. The minimum Gasteiger partial charge on any atom is -0.443 e. The molecule has 5 nitrogen and oxygen atoms in total. The molecule has 0 radical (unpaired) electrons. The molecule has 0 aliphatic carbocycles. The topological polar surface area (TPSA) is 49.9 Å². The number of nitrogens with zero attached hydrogens (tertiary/aromatic N) is 2. The first-order valence-corrected chi connectivity index (χ1v) is 9.66. The Bertz CT molecular complexity index is 435. The van der Waals surface area contributed by atoms with Gasteiger partial charge < -0.3 is 9.64 Å². The van der Waals surface area contributed by atoms with E-state index in [0.29, 0.717) is 17.7 Å². The highest BCUT2D eigenvalue weighted by molar-refractivity contribution is 5.92. The van der Waals surface area contributed by atoms with Crippen LogP contribution >= 0.6 is 0 Å². The fourth-order valence-corrected chi connectivity index (χ4v) is 2.48. The third-order valence-electron chi connectivity index (χ3n) is 4.51. The molecule has 3 unspecified atom stereocenters. The lowest BCUT2D eigenvalue weighted by Crippen LogP contribution is -2.44. The summed E-state index contributed by atoms with van der Waals surface area (Å²) in [7, 11) is 0. The molecule has 3 atom stereocenters. The van der Waals surface area contributed by atoms with Crippen molar-refractivity contribution in [3.05, 3.63) is 24.8 Å². The van der Waals surface area contributed by atoms with Gasteiger partial charge in [-0.15, -0.1) is 0 Å². The predicted molar refractivity (Wildman–Crippen MR) is 110 cm³/mol. The van der Waals surface area contributed by atoms with E-state index in [-0.39, 0.29) is 18.1 Å². The van der Waals surface area contributed by atoms with Gasteiger partial charge in [-0.25, -0.2) is 4.79 Å². The number of carbonyl (C=O) groups is 2. The van der Waals surface area contributed by atoms with E-state index in [2.05, 4.69) is 40.9 Å². The molecule has 0 fully saturated rings. The Morgan fingerprint density at radius 1 is 1.00 bits per heavy atom. The normalized spacial score (nSPS) is 13.7. The van der Waals surface area contributed by atoms with Crippen LogP contribution in [-0.4, -0.2) is 53.1 Å². The fraction of sp³-hybridized carbons (Fsp3) is 0.714. The summed E-state index contributed by atoms with van der Waals surface area (Å²) < 4.78 is 5.01. The van der Waals surface area contributed by atoms with Gasteiger partial charge >= 0.3 is 5.97 Å². The molecule has 0 spiro atoms. The average molecular weight is 369 g/mol. The quantitative estimate of drug-likeness (QED) is 0.326. The van der Waals surface area contributed by atoms with Crippen LogP contribution in [0.25, 0.3) is 0 Å². The Labute approximate surface area is 161 Å². The molecule has 0 aromatic rings. The minimum atomic E-state index is -0.366. The zero-order valence-electron chi connectivity index (χ0n) is 18.2. The predicted octanol–water partition coefficient (Wildman–Crippen LogP) is 4.39. The first-order chi connectivity index (χ1) is 12.1. The van der Waals surface area contributed by atoms with Crippen molar-refractivity contribution in [3.8, 4) is 0 Å². The summed E-state index contributed by atoms with van der Waals surface area (Å²) >= 11 is 0. The molecule has 0 heterocycles. The van der Waals surface area contributed by atoms with E-state index in [4.69, 9.17) is 4.74 Å². The van der Waals surface area contributed by atoms with Crippen molar-refractivity contribution in [3.63, 3.8) is 0 Å². The third-order valence-corrected chi connectivity index (χ3v) is 4.51. The second-order valence-corrected chi connectivity index (χ2v) is 6.47. The summed E-state index contributed by atoms with van der Waals surface area (Å²) in [6, 6.07) is 0.600. The van der Waals surface area contributed by atoms with Crippen LogP contribution in [-0.2, 0) is 14.3 Å². The molecule has 0 saturated carbocycles. The second-order valence-electron chi connectivity index (χ2n) is 6.47. The molecular weight excluding hydrogens is 328 g/mol. The number of carbonyl (C=O) groups excluding carboxylic acids is 2. The van der Waals surface area contributed by atoms with Crippen molar-refractivity contribution in [2.45, 2.75) is 86.5 Å². The molecular formula is C21H40N2O3. The first-order valence-electron chi connectivity index (χ1n) is 9.66. The molecule has 26 heavy (non-hydrogen) atoms.